The fourth-order valence-electron chi connectivity index (χ4n) is 2.28. The Balaban J connectivity index is 1.71. The molecule has 1 saturated heterocycles. The maximum Gasteiger partial charge on any atom is 0.321 e. The van der Waals surface area contributed by atoms with Crippen LogP contribution in [-0.4, -0.2) is 25.0 Å². The van der Waals surface area contributed by atoms with Crippen LogP contribution in [0.1, 0.15) is 10.4 Å². The summed E-state index contributed by atoms with van der Waals surface area (Å²) in [6.07, 6.45) is 0. The van der Waals surface area contributed by atoms with E-state index in [1.165, 1.54) is 0 Å². The van der Waals surface area contributed by atoms with Gasteiger partial charge in [-0.2, -0.15) is 0 Å². The molecule has 1 aliphatic heterocycles. The summed E-state index contributed by atoms with van der Waals surface area (Å²) < 4.78 is 0. The van der Waals surface area contributed by atoms with Crippen molar-refractivity contribution in [2.24, 2.45) is 0 Å². The van der Waals surface area contributed by atoms with E-state index >= 15 is 0 Å². The van der Waals surface area contributed by atoms with Crippen molar-refractivity contribution in [2.75, 3.05) is 23.3 Å². The van der Waals surface area contributed by atoms with Gasteiger partial charge in [-0.05, 0) is 42.5 Å². The number of carbonyl (C=O) groups is 2. The number of hydrogen-bond acceptors (Lipinski definition) is 2. The standard InChI is InChI=1S/C16H14ClN3O2/c17-12-3-1-2-11(10-12)15(21)19-13-4-6-14(7-5-13)20-9-8-18-16(20)22/h1-7,10H,8-9H2,(H,18,22)(H,19,21). The summed E-state index contributed by atoms with van der Waals surface area (Å²) in [5, 5.41) is 6.06. The molecule has 3 amide bonds. The molecule has 0 atom stereocenters. The number of carbonyl (C=O) groups excluding carboxylic acids is 2. The number of hydrogen-bond donors (Lipinski definition) is 2. The van der Waals surface area contributed by atoms with Gasteiger partial charge in [-0.1, -0.05) is 17.7 Å². The SMILES string of the molecule is O=C(Nc1ccc(N2CCNC2=O)cc1)c1cccc(Cl)c1. The van der Waals surface area contributed by atoms with Crippen LogP contribution in [0.25, 0.3) is 0 Å². The van der Waals surface area contributed by atoms with Crippen molar-refractivity contribution < 1.29 is 9.59 Å². The minimum Gasteiger partial charge on any atom is -0.336 e. The maximum atomic E-state index is 12.1. The molecule has 0 bridgehead atoms. The molecule has 0 aliphatic carbocycles. The third kappa shape index (κ3) is 3.04. The second kappa shape index (κ2) is 6.07. The molecule has 6 heteroatoms. The van der Waals surface area contributed by atoms with Gasteiger partial charge in [0, 0.05) is 35.1 Å². The number of nitrogens with zero attached hydrogens (tertiary/aromatic N) is 1. The predicted molar refractivity (Wildman–Crippen MR) is 86.6 cm³/mol. The Hall–Kier alpha value is -2.53. The van der Waals surface area contributed by atoms with E-state index in [0.717, 1.165) is 5.69 Å². The minimum atomic E-state index is -0.228. The second-order valence-electron chi connectivity index (χ2n) is 4.89. The van der Waals surface area contributed by atoms with E-state index in [9.17, 15) is 9.59 Å². The molecule has 2 N–H and O–H groups in total. The average Bonchev–Trinajstić information content (AvgIpc) is 2.94. The smallest absolute Gasteiger partial charge is 0.321 e. The van der Waals surface area contributed by atoms with Crippen molar-refractivity contribution in [1.82, 2.24) is 5.32 Å². The molecule has 5 nitrogen and oxygen atoms in total. The highest BCUT2D eigenvalue weighted by atomic mass is 35.5. The Morgan fingerprint density at radius 2 is 1.95 bits per heavy atom. The molecule has 0 spiro atoms. The molecular weight excluding hydrogens is 302 g/mol. The molecule has 112 valence electrons. The molecule has 0 saturated carbocycles. The van der Waals surface area contributed by atoms with Crippen LogP contribution in [0.15, 0.2) is 48.5 Å². The predicted octanol–water partition coefficient (Wildman–Crippen LogP) is 3.12. The molecule has 0 aromatic heterocycles. The molecule has 1 aliphatic rings. The van der Waals surface area contributed by atoms with E-state index in [4.69, 9.17) is 11.6 Å². The average molecular weight is 316 g/mol. The number of nitrogens with one attached hydrogen (secondary N) is 2. The molecule has 1 heterocycles. The van der Waals surface area contributed by atoms with Gasteiger partial charge >= 0.3 is 6.03 Å². The van der Waals surface area contributed by atoms with Gasteiger partial charge in [0.1, 0.15) is 0 Å². The van der Waals surface area contributed by atoms with Gasteiger partial charge < -0.3 is 10.6 Å². The summed E-state index contributed by atoms with van der Waals surface area (Å²) in [4.78, 5) is 25.4. The fourth-order valence-corrected chi connectivity index (χ4v) is 2.47. The van der Waals surface area contributed by atoms with E-state index in [2.05, 4.69) is 10.6 Å². The summed E-state index contributed by atoms with van der Waals surface area (Å²) >= 11 is 5.88. The lowest BCUT2D eigenvalue weighted by Gasteiger charge is -2.14. The highest BCUT2D eigenvalue weighted by molar-refractivity contribution is 6.31. The molecule has 1 fully saturated rings. The first-order valence-electron chi connectivity index (χ1n) is 6.86. The zero-order valence-electron chi connectivity index (χ0n) is 11.7. The van der Waals surface area contributed by atoms with Crippen LogP contribution in [0.2, 0.25) is 5.02 Å². The molecule has 2 aromatic carbocycles. The van der Waals surface area contributed by atoms with E-state index in [-0.39, 0.29) is 11.9 Å². The lowest BCUT2D eigenvalue weighted by atomic mass is 10.2. The summed E-state index contributed by atoms with van der Waals surface area (Å²) in [6.45, 7) is 1.29. The number of anilines is 2. The van der Waals surface area contributed by atoms with E-state index < -0.39 is 0 Å². The number of benzene rings is 2. The first kappa shape index (κ1) is 14.4. The molecule has 0 radical (unpaired) electrons. The number of amides is 3. The number of halogens is 1. The highest BCUT2D eigenvalue weighted by Gasteiger charge is 2.20. The highest BCUT2D eigenvalue weighted by Crippen LogP contribution is 2.20. The summed E-state index contributed by atoms with van der Waals surface area (Å²) in [5.74, 6) is -0.228. The van der Waals surface area contributed by atoms with Gasteiger partial charge in [0.05, 0.1) is 0 Å². The van der Waals surface area contributed by atoms with Crippen LogP contribution < -0.4 is 15.5 Å². The topological polar surface area (TPSA) is 61.4 Å². The Morgan fingerprint density at radius 1 is 1.18 bits per heavy atom. The van der Waals surface area contributed by atoms with Crippen LogP contribution in [0.4, 0.5) is 16.2 Å². The molecule has 3 rings (SSSR count). The van der Waals surface area contributed by atoms with E-state index in [0.29, 0.717) is 29.4 Å². The van der Waals surface area contributed by atoms with Crippen molar-refractivity contribution in [3.8, 4) is 0 Å². The molecule has 22 heavy (non-hydrogen) atoms. The minimum absolute atomic E-state index is 0.101. The van der Waals surface area contributed by atoms with Gasteiger partial charge in [0.15, 0.2) is 0 Å². The Morgan fingerprint density at radius 3 is 2.59 bits per heavy atom. The Kier molecular flexibility index (Phi) is 3.98. The lowest BCUT2D eigenvalue weighted by molar-refractivity contribution is 0.102. The van der Waals surface area contributed by atoms with Crippen LogP contribution in [0.3, 0.4) is 0 Å². The van der Waals surface area contributed by atoms with Crippen molar-refractivity contribution in [1.29, 1.82) is 0 Å². The van der Waals surface area contributed by atoms with Crippen molar-refractivity contribution >= 4 is 34.9 Å². The van der Waals surface area contributed by atoms with Crippen LogP contribution in [0, 0.1) is 0 Å². The van der Waals surface area contributed by atoms with Gasteiger partial charge in [0.25, 0.3) is 5.91 Å². The van der Waals surface area contributed by atoms with E-state index in [1.54, 1.807) is 53.4 Å². The normalized spacial score (nSPS) is 13.9. The van der Waals surface area contributed by atoms with Crippen LogP contribution in [-0.2, 0) is 0 Å². The van der Waals surface area contributed by atoms with Gasteiger partial charge in [0.2, 0.25) is 0 Å². The third-order valence-corrected chi connectivity index (χ3v) is 3.62. The van der Waals surface area contributed by atoms with Gasteiger partial charge in [-0.3, -0.25) is 9.69 Å². The molecule has 0 unspecified atom stereocenters. The number of rotatable bonds is 3. The monoisotopic (exact) mass is 315 g/mol. The lowest BCUT2D eigenvalue weighted by Crippen LogP contribution is -2.27. The zero-order chi connectivity index (χ0) is 15.5. The van der Waals surface area contributed by atoms with Crippen LogP contribution >= 0.6 is 11.6 Å². The fraction of sp³-hybridized carbons (Fsp3) is 0.125. The number of urea groups is 1. The van der Waals surface area contributed by atoms with Crippen molar-refractivity contribution in [3.63, 3.8) is 0 Å². The quantitative estimate of drug-likeness (QED) is 0.914. The second-order valence-corrected chi connectivity index (χ2v) is 5.33. The largest absolute Gasteiger partial charge is 0.336 e. The third-order valence-electron chi connectivity index (χ3n) is 3.38. The first-order valence-corrected chi connectivity index (χ1v) is 7.23. The zero-order valence-corrected chi connectivity index (χ0v) is 12.4. The summed E-state index contributed by atoms with van der Waals surface area (Å²) in [5.41, 5.74) is 1.96. The van der Waals surface area contributed by atoms with Gasteiger partial charge in [-0.15, -0.1) is 0 Å². The first-order chi connectivity index (χ1) is 10.6. The maximum absolute atomic E-state index is 12.1. The summed E-state index contributed by atoms with van der Waals surface area (Å²) in [6, 6.07) is 13.8. The van der Waals surface area contributed by atoms with Crippen molar-refractivity contribution in [3.05, 3.63) is 59.1 Å². The Labute approximate surface area is 132 Å². The summed E-state index contributed by atoms with van der Waals surface area (Å²) in [7, 11) is 0. The van der Waals surface area contributed by atoms with E-state index in [1.807, 2.05) is 0 Å². The Bertz CT molecular complexity index is 716. The molecule has 2 aromatic rings. The van der Waals surface area contributed by atoms with Gasteiger partial charge in [-0.25, -0.2) is 4.79 Å². The van der Waals surface area contributed by atoms with Crippen LogP contribution in [0.5, 0.6) is 0 Å². The molecular formula is C16H14ClN3O2. The van der Waals surface area contributed by atoms with Crippen molar-refractivity contribution in [2.45, 2.75) is 0 Å².